The third kappa shape index (κ3) is 3.65. The number of carbonyl (C=O) groups is 2. The summed E-state index contributed by atoms with van der Waals surface area (Å²) < 4.78 is 0. The first-order valence-electron chi connectivity index (χ1n) is 5.38. The zero-order chi connectivity index (χ0) is 14.6. The average molecular weight is 286 g/mol. The van der Waals surface area contributed by atoms with Crippen molar-refractivity contribution in [1.82, 2.24) is 4.90 Å². The zero-order valence-electron chi connectivity index (χ0n) is 10.1. The predicted molar refractivity (Wildman–Crippen MR) is 68.9 cm³/mol. The summed E-state index contributed by atoms with van der Waals surface area (Å²) in [6, 6.07) is 3.67. The maximum atomic E-state index is 12.1. The fraction of sp³-hybridized carbons (Fsp3) is 0.273. The van der Waals surface area contributed by atoms with Crippen LogP contribution in [0.15, 0.2) is 18.2 Å². The van der Waals surface area contributed by atoms with Crippen LogP contribution in [-0.2, 0) is 4.79 Å². The van der Waals surface area contributed by atoms with Crippen LogP contribution in [0.5, 0.6) is 0 Å². The second-order valence-corrected chi connectivity index (χ2v) is 4.14. The minimum atomic E-state index is -0.695. The Hall–Kier alpha value is -2.15. The van der Waals surface area contributed by atoms with E-state index in [0.29, 0.717) is 0 Å². The first-order valence-corrected chi connectivity index (χ1v) is 5.76. The molecule has 19 heavy (non-hydrogen) atoms. The molecule has 1 aromatic rings. The highest BCUT2D eigenvalue weighted by molar-refractivity contribution is 6.31. The molecule has 0 unspecified atom stereocenters. The molecule has 0 spiro atoms. The maximum absolute atomic E-state index is 12.1. The normalized spacial score (nSPS) is 10.0. The van der Waals surface area contributed by atoms with Gasteiger partial charge in [-0.3, -0.25) is 19.7 Å². The Morgan fingerprint density at radius 2 is 2.11 bits per heavy atom. The monoisotopic (exact) mass is 285 g/mol. The Bertz CT molecular complexity index is 533. The van der Waals surface area contributed by atoms with Gasteiger partial charge >= 0.3 is 0 Å². The minimum absolute atomic E-state index is 0.166. The molecule has 0 aliphatic heterocycles. The molecule has 0 aliphatic carbocycles. The first kappa shape index (κ1) is 14.9. The van der Waals surface area contributed by atoms with E-state index in [4.69, 9.17) is 17.3 Å². The molecule has 2 amide bonds. The Labute approximate surface area is 114 Å². The number of nitro benzene ring substituents is 1. The number of halogens is 1. The van der Waals surface area contributed by atoms with Gasteiger partial charge < -0.3 is 10.6 Å². The third-order valence-corrected chi connectivity index (χ3v) is 2.64. The van der Waals surface area contributed by atoms with Crippen LogP contribution in [0.1, 0.15) is 17.3 Å². The van der Waals surface area contributed by atoms with Gasteiger partial charge in [0.1, 0.15) is 5.56 Å². The van der Waals surface area contributed by atoms with Crippen molar-refractivity contribution in [2.45, 2.75) is 6.92 Å². The second-order valence-electron chi connectivity index (χ2n) is 3.70. The third-order valence-electron chi connectivity index (χ3n) is 2.40. The van der Waals surface area contributed by atoms with Crippen molar-refractivity contribution in [2.24, 2.45) is 5.73 Å². The van der Waals surface area contributed by atoms with Gasteiger partial charge in [0, 0.05) is 17.6 Å². The summed E-state index contributed by atoms with van der Waals surface area (Å²) in [5, 5.41) is 11.1. The van der Waals surface area contributed by atoms with Crippen LogP contribution in [0.3, 0.4) is 0 Å². The number of nitrogens with two attached hydrogens (primary N) is 1. The summed E-state index contributed by atoms with van der Waals surface area (Å²) in [5.74, 6) is -1.35. The molecular formula is C11H12ClN3O4. The van der Waals surface area contributed by atoms with Gasteiger partial charge in [-0.1, -0.05) is 11.6 Å². The number of rotatable bonds is 5. The van der Waals surface area contributed by atoms with Gasteiger partial charge in [-0.25, -0.2) is 0 Å². The number of benzene rings is 1. The van der Waals surface area contributed by atoms with Crippen LogP contribution < -0.4 is 5.73 Å². The molecule has 0 aliphatic rings. The number of amides is 2. The molecule has 0 radical (unpaired) electrons. The summed E-state index contributed by atoms with van der Waals surface area (Å²) in [6.07, 6.45) is 0. The van der Waals surface area contributed by atoms with Crippen molar-refractivity contribution in [3.8, 4) is 0 Å². The van der Waals surface area contributed by atoms with Gasteiger partial charge in [0.05, 0.1) is 11.5 Å². The largest absolute Gasteiger partial charge is 0.368 e. The lowest BCUT2D eigenvalue weighted by Crippen LogP contribution is -2.38. The molecule has 0 atom stereocenters. The van der Waals surface area contributed by atoms with E-state index in [1.165, 1.54) is 12.1 Å². The van der Waals surface area contributed by atoms with Crippen molar-refractivity contribution in [2.75, 3.05) is 13.1 Å². The number of carbonyl (C=O) groups excluding carboxylic acids is 2. The molecule has 2 N–H and O–H groups in total. The van der Waals surface area contributed by atoms with E-state index in [1.807, 2.05) is 0 Å². The van der Waals surface area contributed by atoms with Gasteiger partial charge in [0.25, 0.3) is 11.6 Å². The highest BCUT2D eigenvalue weighted by atomic mass is 35.5. The summed E-state index contributed by atoms with van der Waals surface area (Å²) in [7, 11) is 0. The quantitative estimate of drug-likeness (QED) is 0.648. The van der Waals surface area contributed by atoms with Crippen LogP contribution in [0.2, 0.25) is 5.02 Å². The molecule has 0 saturated carbocycles. The summed E-state index contributed by atoms with van der Waals surface area (Å²) in [6.45, 7) is 1.53. The standard InChI is InChI=1S/C11H12ClN3O4/c1-2-14(6-10(13)16)11(17)8-5-7(12)3-4-9(8)15(18)19/h3-5H,2,6H2,1H3,(H2,13,16). The molecule has 7 nitrogen and oxygen atoms in total. The highest BCUT2D eigenvalue weighted by Gasteiger charge is 2.25. The van der Waals surface area contributed by atoms with Crippen molar-refractivity contribution in [1.29, 1.82) is 0 Å². The number of nitrogens with zero attached hydrogens (tertiary/aromatic N) is 2. The Kier molecular flexibility index (Phi) is 4.82. The van der Waals surface area contributed by atoms with Gasteiger partial charge in [0.15, 0.2) is 0 Å². The molecule has 1 aromatic carbocycles. The Morgan fingerprint density at radius 3 is 2.58 bits per heavy atom. The van der Waals surface area contributed by atoms with Crippen molar-refractivity contribution >= 4 is 29.1 Å². The van der Waals surface area contributed by atoms with Crippen molar-refractivity contribution in [3.05, 3.63) is 38.9 Å². The summed E-state index contributed by atoms with van der Waals surface area (Å²) in [5.41, 5.74) is 4.49. The molecule has 0 heterocycles. The molecular weight excluding hydrogens is 274 g/mol. The Morgan fingerprint density at radius 1 is 1.47 bits per heavy atom. The number of primary amides is 1. The van der Waals surface area contributed by atoms with Gasteiger partial charge in [0.2, 0.25) is 5.91 Å². The van der Waals surface area contributed by atoms with E-state index in [2.05, 4.69) is 0 Å². The van der Waals surface area contributed by atoms with E-state index in [1.54, 1.807) is 6.92 Å². The second kappa shape index (κ2) is 6.14. The fourth-order valence-electron chi connectivity index (χ4n) is 1.52. The lowest BCUT2D eigenvalue weighted by atomic mass is 10.1. The zero-order valence-corrected chi connectivity index (χ0v) is 10.9. The lowest BCUT2D eigenvalue weighted by molar-refractivity contribution is -0.385. The van der Waals surface area contributed by atoms with Gasteiger partial charge in [-0.15, -0.1) is 0 Å². The molecule has 0 saturated heterocycles. The maximum Gasteiger partial charge on any atom is 0.282 e. The van der Waals surface area contributed by atoms with Gasteiger partial charge in [-0.2, -0.15) is 0 Å². The van der Waals surface area contributed by atoms with E-state index >= 15 is 0 Å². The van der Waals surface area contributed by atoms with Crippen LogP contribution in [0, 0.1) is 10.1 Å². The van der Waals surface area contributed by atoms with Crippen molar-refractivity contribution in [3.63, 3.8) is 0 Å². The lowest BCUT2D eigenvalue weighted by Gasteiger charge is -2.18. The predicted octanol–water partition coefficient (Wildman–Crippen LogP) is 1.20. The van der Waals surface area contributed by atoms with E-state index < -0.39 is 16.7 Å². The number of nitro groups is 1. The van der Waals surface area contributed by atoms with Gasteiger partial charge in [-0.05, 0) is 19.1 Å². The summed E-state index contributed by atoms with van der Waals surface area (Å²) >= 11 is 5.73. The number of likely N-dealkylation sites (N-methyl/N-ethyl adjacent to an activating group) is 1. The molecule has 102 valence electrons. The molecule has 1 rings (SSSR count). The molecule has 8 heteroatoms. The van der Waals surface area contributed by atoms with E-state index in [-0.39, 0.29) is 29.4 Å². The van der Waals surface area contributed by atoms with E-state index in [9.17, 15) is 19.7 Å². The van der Waals surface area contributed by atoms with Crippen LogP contribution in [0.25, 0.3) is 0 Å². The number of hydrogen-bond donors (Lipinski definition) is 1. The molecule has 0 fully saturated rings. The van der Waals surface area contributed by atoms with Crippen molar-refractivity contribution < 1.29 is 14.5 Å². The molecule has 0 aromatic heterocycles. The summed E-state index contributed by atoms with van der Waals surface area (Å²) in [4.78, 5) is 34.3. The first-order chi connectivity index (χ1) is 8.86. The molecule has 0 bridgehead atoms. The topological polar surface area (TPSA) is 107 Å². The SMILES string of the molecule is CCN(CC(N)=O)C(=O)c1cc(Cl)ccc1[N+](=O)[O-]. The van der Waals surface area contributed by atoms with Crippen LogP contribution in [0.4, 0.5) is 5.69 Å². The Balaban J connectivity index is 3.19. The average Bonchev–Trinajstić information content (AvgIpc) is 2.34. The van der Waals surface area contributed by atoms with E-state index in [0.717, 1.165) is 11.0 Å². The van der Waals surface area contributed by atoms with Crippen LogP contribution in [-0.4, -0.2) is 34.7 Å². The smallest absolute Gasteiger partial charge is 0.282 e. The minimum Gasteiger partial charge on any atom is -0.368 e. The highest BCUT2D eigenvalue weighted by Crippen LogP contribution is 2.24. The van der Waals surface area contributed by atoms with Crippen LogP contribution >= 0.6 is 11.6 Å². The number of hydrogen-bond acceptors (Lipinski definition) is 4. The fourth-order valence-corrected chi connectivity index (χ4v) is 1.70.